The normalized spacial score (nSPS) is 27.2. The fourth-order valence-corrected chi connectivity index (χ4v) is 3.02. The maximum atomic E-state index is 12.2. The first kappa shape index (κ1) is 15.6. The number of nitrogens with zero attached hydrogens (tertiary/aromatic N) is 1. The molecule has 1 unspecified atom stereocenters. The van der Waals surface area contributed by atoms with Crippen LogP contribution in [-0.4, -0.2) is 47.9 Å². The molecular formula is C15H28N2O3. The van der Waals surface area contributed by atoms with Crippen LogP contribution >= 0.6 is 0 Å². The lowest BCUT2D eigenvalue weighted by atomic mass is 9.78. The van der Waals surface area contributed by atoms with Gasteiger partial charge in [-0.25, -0.2) is 4.79 Å². The van der Waals surface area contributed by atoms with E-state index in [4.69, 9.17) is 15.2 Å². The van der Waals surface area contributed by atoms with Gasteiger partial charge in [0.2, 0.25) is 0 Å². The molecule has 1 aliphatic heterocycles. The van der Waals surface area contributed by atoms with Gasteiger partial charge >= 0.3 is 6.09 Å². The van der Waals surface area contributed by atoms with Gasteiger partial charge in [-0.15, -0.1) is 0 Å². The van der Waals surface area contributed by atoms with Crippen molar-refractivity contribution in [1.29, 1.82) is 0 Å². The third kappa shape index (κ3) is 3.85. The summed E-state index contributed by atoms with van der Waals surface area (Å²) in [4.78, 5) is 13.9. The Labute approximate surface area is 121 Å². The number of morpholine rings is 1. The second kappa shape index (κ2) is 5.90. The van der Waals surface area contributed by atoms with E-state index in [1.54, 1.807) is 4.90 Å². The average molecular weight is 284 g/mol. The highest BCUT2D eigenvalue weighted by Gasteiger charge is 2.41. The zero-order chi connectivity index (χ0) is 14.8. The lowest BCUT2D eigenvalue weighted by molar-refractivity contribution is -0.0778. The number of nitrogens with two attached hydrogens (primary N) is 1. The van der Waals surface area contributed by atoms with E-state index in [0.29, 0.717) is 19.7 Å². The van der Waals surface area contributed by atoms with E-state index in [1.807, 2.05) is 20.8 Å². The van der Waals surface area contributed by atoms with Gasteiger partial charge in [-0.05, 0) is 33.6 Å². The molecule has 1 atom stereocenters. The fourth-order valence-electron chi connectivity index (χ4n) is 3.02. The summed E-state index contributed by atoms with van der Waals surface area (Å²) in [6, 6.07) is 0. The Balaban J connectivity index is 1.96. The van der Waals surface area contributed by atoms with E-state index in [2.05, 4.69) is 0 Å². The molecule has 0 spiro atoms. The summed E-state index contributed by atoms with van der Waals surface area (Å²) in [6.45, 7) is 7.33. The summed E-state index contributed by atoms with van der Waals surface area (Å²) in [7, 11) is 0. The van der Waals surface area contributed by atoms with Crippen molar-refractivity contribution in [2.75, 3.05) is 19.7 Å². The minimum absolute atomic E-state index is 0.0657. The van der Waals surface area contributed by atoms with E-state index in [-0.39, 0.29) is 17.7 Å². The maximum absolute atomic E-state index is 12.2. The van der Waals surface area contributed by atoms with Crippen LogP contribution < -0.4 is 5.73 Å². The van der Waals surface area contributed by atoms with Gasteiger partial charge in [-0.3, -0.25) is 0 Å². The molecule has 2 rings (SSSR count). The molecule has 1 aliphatic carbocycles. The first-order chi connectivity index (χ1) is 9.30. The molecule has 5 heteroatoms. The lowest BCUT2D eigenvalue weighted by Crippen LogP contribution is -2.61. The van der Waals surface area contributed by atoms with Gasteiger partial charge in [0.05, 0.1) is 19.3 Å². The summed E-state index contributed by atoms with van der Waals surface area (Å²) in [6.07, 6.45) is 5.21. The molecule has 1 amide bonds. The Bertz CT molecular complexity index is 346. The molecule has 0 aromatic rings. The number of ether oxygens (including phenoxy) is 2. The van der Waals surface area contributed by atoms with Crippen molar-refractivity contribution in [3.8, 4) is 0 Å². The molecule has 1 heterocycles. The quantitative estimate of drug-likeness (QED) is 0.802. The van der Waals surface area contributed by atoms with Gasteiger partial charge in [0.15, 0.2) is 0 Å². The van der Waals surface area contributed by atoms with Crippen molar-refractivity contribution >= 4 is 6.09 Å². The first-order valence-electron chi connectivity index (χ1n) is 7.69. The number of hydrogen-bond donors (Lipinski definition) is 1. The van der Waals surface area contributed by atoms with E-state index in [1.165, 1.54) is 6.42 Å². The van der Waals surface area contributed by atoms with Gasteiger partial charge in [-0.1, -0.05) is 19.3 Å². The zero-order valence-corrected chi connectivity index (χ0v) is 13.0. The smallest absolute Gasteiger partial charge is 0.410 e. The van der Waals surface area contributed by atoms with Gasteiger partial charge in [0.25, 0.3) is 0 Å². The van der Waals surface area contributed by atoms with Crippen molar-refractivity contribution in [1.82, 2.24) is 4.90 Å². The number of carbonyl (C=O) groups excluding carboxylic acids is 1. The number of carbonyl (C=O) groups is 1. The molecule has 116 valence electrons. The van der Waals surface area contributed by atoms with Crippen molar-refractivity contribution in [3.05, 3.63) is 0 Å². The van der Waals surface area contributed by atoms with Crippen LogP contribution in [0.15, 0.2) is 0 Å². The fraction of sp³-hybridized carbons (Fsp3) is 0.933. The summed E-state index contributed by atoms with van der Waals surface area (Å²) in [5.74, 6) is 0. The highest BCUT2D eigenvalue weighted by atomic mass is 16.6. The van der Waals surface area contributed by atoms with E-state index in [0.717, 1.165) is 25.7 Å². The minimum Gasteiger partial charge on any atom is -0.444 e. The van der Waals surface area contributed by atoms with Crippen LogP contribution in [0.2, 0.25) is 0 Å². The standard InChI is InChI=1S/C15H28N2O3/c1-14(2,3)20-13(18)17-9-10-19-12(11-17)15(16)7-5-4-6-8-15/h12H,4-11,16H2,1-3H3. The van der Waals surface area contributed by atoms with Crippen LogP contribution in [-0.2, 0) is 9.47 Å². The minimum atomic E-state index is -0.462. The maximum Gasteiger partial charge on any atom is 0.410 e. The molecule has 2 fully saturated rings. The summed E-state index contributed by atoms with van der Waals surface area (Å²) >= 11 is 0. The van der Waals surface area contributed by atoms with E-state index in [9.17, 15) is 4.79 Å². The number of hydrogen-bond acceptors (Lipinski definition) is 4. The van der Waals surface area contributed by atoms with Gasteiger partial charge in [0, 0.05) is 12.1 Å². The number of rotatable bonds is 1. The average Bonchev–Trinajstić information content (AvgIpc) is 2.38. The van der Waals surface area contributed by atoms with Crippen molar-refractivity contribution in [3.63, 3.8) is 0 Å². The third-order valence-electron chi connectivity index (χ3n) is 4.14. The van der Waals surface area contributed by atoms with Gasteiger partial charge < -0.3 is 20.1 Å². The summed E-state index contributed by atoms with van der Waals surface area (Å²) in [5.41, 5.74) is 5.78. The van der Waals surface area contributed by atoms with Crippen LogP contribution in [0.1, 0.15) is 52.9 Å². The molecule has 2 N–H and O–H groups in total. The topological polar surface area (TPSA) is 64.8 Å². The van der Waals surface area contributed by atoms with Crippen LogP contribution in [0.5, 0.6) is 0 Å². The molecule has 0 bridgehead atoms. The van der Waals surface area contributed by atoms with Crippen LogP contribution in [0.4, 0.5) is 4.79 Å². The Hall–Kier alpha value is -0.810. The Kier molecular flexibility index (Phi) is 4.59. The second-order valence-corrected chi connectivity index (χ2v) is 7.08. The lowest BCUT2D eigenvalue weighted by Gasteiger charge is -2.44. The monoisotopic (exact) mass is 284 g/mol. The van der Waals surface area contributed by atoms with Crippen molar-refractivity contribution in [2.45, 2.75) is 70.1 Å². The predicted molar refractivity (Wildman–Crippen MR) is 77.6 cm³/mol. The number of amides is 1. The highest BCUT2D eigenvalue weighted by molar-refractivity contribution is 5.68. The van der Waals surface area contributed by atoms with Gasteiger partial charge in [-0.2, -0.15) is 0 Å². The molecule has 0 aromatic carbocycles. The first-order valence-corrected chi connectivity index (χ1v) is 7.69. The second-order valence-electron chi connectivity index (χ2n) is 7.08. The molecular weight excluding hydrogens is 256 g/mol. The van der Waals surface area contributed by atoms with Crippen LogP contribution in [0.3, 0.4) is 0 Å². The Morgan fingerprint density at radius 3 is 2.55 bits per heavy atom. The predicted octanol–water partition coefficient (Wildman–Crippen LogP) is 2.28. The molecule has 20 heavy (non-hydrogen) atoms. The van der Waals surface area contributed by atoms with Crippen LogP contribution in [0, 0.1) is 0 Å². The zero-order valence-electron chi connectivity index (χ0n) is 13.0. The van der Waals surface area contributed by atoms with E-state index < -0.39 is 5.60 Å². The molecule has 0 aromatic heterocycles. The SMILES string of the molecule is CC(C)(C)OC(=O)N1CCOC(C2(N)CCCCC2)C1. The Morgan fingerprint density at radius 2 is 1.95 bits per heavy atom. The largest absolute Gasteiger partial charge is 0.444 e. The molecule has 2 aliphatic rings. The van der Waals surface area contributed by atoms with Gasteiger partial charge in [0.1, 0.15) is 5.60 Å². The van der Waals surface area contributed by atoms with Crippen LogP contribution in [0.25, 0.3) is 0 Å². The molecule has 5 nitrogen and oxygen atoms in total. The molecule has 1 saturated carbocycles. The Morgan fingerprint density at radius 1 is 1.30 bits per heavy atom. The third-order valence-corrected chi connectivity index (χ3v) is 4.14. The highest BCUT2D eigenvalue weighted by Crippen LogP contribution is 2.32. The molecule has 1 saturated heterocycles. The van der Waals surface area contributed by atoms with Crippen molar-refractivity contribution < 1.29 is 14.3 Å². The van der Waals surface area contributed by atoms with Crippen molar-refractivity contribution in [2.24, 2.45) is 5.73 Å². The summed E-state index contributed by atoms with van der Waals surface area (Å²) < 4.78 is 11.3. The molecule has 0 radical (unpaired) electrons. The summed E-state index contributed by atoms with van der Waals surface area (Å²) in [5, 5.41) is 0. The van der Waals surface area contributed by atoms with E-state index >= 15 is 0 Å².